The van der Waals surface area contributed by atoms with Gasteiger partial charge in [-0.15, -0.1) is 0 Å². The van der Waals surface area contributed by atoms with Crippen molar-refractivity contribution in [2.45, 2.75) is 13.3 Å². The largest absolute Gasteiger partial charge is 0.494 e. The minimum atomic E-state index is -1.01. The Morgan fingerprint density at radius 2 is 1.80 bits per heavy atom. The summed E-state index contributed by atoms with van der Waals surface area (Å²) < 4.78 is 10.5. The monoisotopic (exact) mass is 343 g/mol. The first-order chi connectivity index (χ1) is 12.1. The van der Waals surface area contributed by atoms with Gasteiger partial charge in [0.2, 0.25) is 0 Å². The number of carbonyl (C=O) groups is 2. The van der Waals surface area contributed by atoms with Crippen molar-refractivity contribution in [2.75, 3.05) is 19.8 Å². The van der Waals surface area contributed by atoms with Crippen LogP contribution in [0, 0.1) is 0 Å². The summed E-state index contributed by atoms with van der Waals surface area (Å²) in [5, 5.41) is 11.4. The van der Waals surface area contributed by atoms with Crippen LogP contribution in [-0.4, -0.2) is 36.7 Å². The summed E-state index contributed by atoms with van der Waals surface area (Å²) in [6, 6.07) is 14.2. The van der Waals surface area contributed by atoms with E-state index in [0.29, 0.717) is 36.6 Å². The van der Waals surface area contributed by atoms with Crippen LogP contribution in [0.1, 0.15) is 22.8 Å². The molecule has 0 fully saturated rings. The first kappa shape index (κ1) is 18.3. The second-order valence-corrected chi connectivity index (χ2v) is 5.29. The molecule has 2 N–H and O–H groups in total. The molecule has 132 valence electrons. The zero-order chi connectivity index (χ0) is 18.1. The van der Waals surface area contributed by atoms with Crippen LogP contribution in [-0.2, 0) is 11.2 Å². The molecule has 2 aromatic carbocycles. The zero-order valence-corrected chi connectivity index (χ0v) is 14.0. The molecular weight excluding hydrogens is 322 g/mol. The highest BCUT2D eigenvalue weighted by atomic mass is 16.5. The van der Waals surface area contributed by atoms with Gasteiger partial charge in [0.15, 0.2) is 6.61 Å². The van der Waals surface area contributed by atoms with Gasteiger partial charge in [-0.3, -0.25) is 4.79 Å². The summed E-state index contributed by atoms with van der Waals surface area (Å²) in [7, 11) is 0. The van der Waals surface area contributed by atoms with Crippen molar-refractivity contribution in [2.24, 2.45) is 0 Å². The fourth-order valence-electron chi connectivity index (χ4n) is 2.21. The summed E-state index contributed by atoms with van der Waals surface area (Å²) >= 11 is 0. The van der Waals surface area contributed by atoms with Gasteiger partial charge in [0.25, 0.3) is 5.91 Å². The van der Waals surface area contributed by atoms with Crippen LogP contribution in [0.15, 0.2) is 48.5 Å². The molecule has 0 bridgehead atoms. The molecule has 0 aromatic heterocycles. The number of carbonyl (C=O) groups excluding carboxylic acids is 1. The van der Waals surface area contributed by atoms with Gasteiger partial charge in [-0.05, 0) is 49.2 Å². The van der Waals surface area contributed by atoms with Gasteiger partial charge in [0.05, 0.1) is 6.61 Å². The van der Waals surface area contributed by atoms with Crippen molar-refractivity contribution in [3.05, 3.63) is 59.7 Å². The molecule has 1 amide bonds. The molecule has 0 heterocycles. The second-order valence-electron chi connectivity index (χ2n) is 5.29. The molecular formula is C19H21NO5. The van der Waals surface area contributed by atoms with Crippen molar-refractivity contribution < 1.29 is 24.2 Å². The van der Waals surface area contributed by atoms with Crippen LogP contribution in [0.3, 0.4) is 0 Å². The number of nitrogens with one attached hydrogen (secondary N) is 1. The number of hydrogen-bond donors (Lipinski definition) is 2. The molecule has 0 radical (unpaired) electrons. The highest BCUT2D eigenvalue weighted by Gasteiger charge is 2.06. The molecule has 2 aromatic rings. The predicted octanol–water partition coefficient (Wildman–Crippen LogP) is 2.52. The lowest BCUT2D eigenvalue weighted by Crippen LogP contribution is -2.25. The van der Waals surface area contributed by atoms with Gasteiger partial charge in [0.1, 0.15) is 11.5 Å². The number of ether oxygens (including phenoxy) is 2. The van der Waals surface area contributed by atoms with E-state index in [-0.39, 0.29) is 12.5 Å². The third-order valence-corrected chi connectivity index (χ3v) is 3.39. The molecule has 0 aliphatic carbocycles. The Balaban J connectivity index is 1.80. The Kier molecular flexibility index (Phi) is 6.83. The van der Waals surface area contributed by atoms with Crippen LogP contribution in [0.2, 0.25) is 0 Å². The molecule has 0 atom stereocenters. The van der Waals surface area contributed by atoms with Crippen LogP contribution in [0.4, 0.5) is 0 Å². The maximum atomic E-state index is 12.2. The first-order valence-electron chi connectivity index (χ1n) is 8.03. The number of hydrogen-bond acceptors (Lipinski definition) is 4. The van der Waals surface area contributed by atoms with Crippen molar-refractivity contribution in [1.82, 2.24) is 5.32 Å². The lowest BCUT2D eigenvalue weighted by Gasteiger charge is -2.08. The number of carboxylic acid groups (broad SMARTS) is 1. The van der Waals surface area contributed by atoms with Gasteiger partial charge >= 0.3 is 5.97 Å². The molecule has 6 nitrogen and oxygen atoms in total. The standard InChI is InChI=1S/C19H21NO5/c1-2-24-17-5-3-4-15(12-17)19(23)20-11-10-14-6-8-16(9-7-14)25-13-18(21)22/h3-9,12H,2,10-11,13H2,1H3,(H,20,23)(H,21,22). The smallest absolute Gasteiger partial charge is 0.341 e. The quantitative estimate of drug-likeness (QED) is 0.731. The Bertz CT molecular complexity index is 712. The Morgan fingerprint density at radius 3 is 2.48 bits per heavy atom. The van der Waals surface area contributed by atoms with E-state index in [1.165, 1.54) is 0 Å². The topological polar surface area (TPSA) is 84.9 Å². The van der Waals surface area contributed by atoms with Gasteiger partial charge in [-0.1, -0.05) is 18.2 Å². The van der Waals surface area contributed by atoms with Crippen molar-refractivity contribution in [1.29, 1.82) is 0 Å². The summed E-state index contributed by atoms with van der Waals surface area (Å²) in [4.78, 5) is 22.6. The normalized spacial score (nSPS) is 10.1. The first-order valence-corrected chi connectivity index (χ1v) is 8.03. The highest BCUT2D eigenvalue weighted by Crippen LogP contribution is 2.14. The van der Waals surface area contributed by atoms with E-state index in [1.54, 1.807) is 30.3 Å². The Morgan fingerprint density at radius 1 is 1.04 bits per heavy atom. The number of amides is 1. The zero-order valence-electron chi connectivity index (χ0n) is 14.0. The second kappa shape index (κ2) is 9.32. The molecule has 6 heteroatoms. The SMILES string of the molecule is CCOc1cccc(C(=O)NCCc2ccc(OCC(=O)O)cc2)c1. The average Bonchev–Trinajstić information content (AvgIpc) is 2.61. The van der Waals surface area contributed by atoms with Gasteiger partial charge in [0, 0.05) is 12.1 Å². The maximum Gasteiger partial charge on any atom is 0.341 e. The lowest BCUT2D eigenvalue weighted by molar-refractivity contribution is -0.139. The van der Waals surface area contributed by atoms with Gasteiger partial charge < -0.3 is 19.9 Å². The number of carboxylic acids is 1. The van der Waals surface area contributed by atoms with Crippen molar-refractivity contribution >= 4 is 11.9 Å². The van der Waals surface area contributed by atoms with E-state index in [9.17, 15) is 9.59 Å². The predicted molar refractivity (Wildman–Crippen MR) is 93.2 cm³/mol. The molecule has 0 saturated carbocycles. The van der Waals surface area contributed by atoms with Crippen LogP contribution < -0.4 is 14.8 Å². The molecule has 0 spiro atoms. The number of aliphatic carboxylic acids is 1. The van der Waals surface area contributed by atoms with E-state index >= 15 is 0 Å². The molecule has 0 saturated heterocycles. The highest BCUT2D eigenvalue weighted by molar-refractivity contribution is 5.94. The Labute approximate surface area is 146 Å². The third kappa shape index (κ3) is 6.18. The van der Waals surface area contributed by atoms with Crippen LogP contribution >= 0.6 is 0 Å². The van der Waals surface area contributed by atoms with Crippen molar-refractivity contribution in [3.8, 4) is 11.5 Å². The van der Waals surface area contributed by atoms with E-state index < -0.39 is 5.97 Å². The lowest BCUT2D eigenvalue weighted by atomic mass is 10.1. The fourth-order valence-corrected chi connectivity index (χ4v) is 2.21. The number of rotatable bonds is 9. The van der Waals surface area contributed by atoms with E-state index in [0.717, 1.165) is 5.56 Å². The number of benzene rings is 2. The van der Waals surface area contributed by atoms with Crippen LogP contribution in [0.25, 0.3) is 0 Å². The minimum absolute atomic E-state index is 0.150. The molecule has 0 unspecified atom stereocenters. The van der Waals surface area contributed by atoms with Crippen LogP contribution in [0.5, 0.6) is 11.5 Å². The van der Waals surface area contributed by atoms with E-state index in [4.69, 9.17) is 14.6 Å². The minimum Gasteiger partial charge on any atom is -0.494 e. The molecule has 25 heavy (non-hydrogen) atoms. The molecule has 0 aliphatic rings. The summed E-state index contributed by atoms with van der Waals surface area (Å²) in [6.45, 7) is 2.57. The van der Waals surface area contributed by atoms with Gasteiger partial charge in [-0.25, -0.2) is 4.79 Å². The van der Waals surface area contributed by atoms with Crippen molar-refractivity contribution in [3.63, 3.8) is 0 Å². The van der Waals surface area contributed by atoms with E-state index in [2.05, 4.69) is 5.32 Å². The molecule has 0 aliphatic heterocycles. The van der Waals surface area contributed by atoms with Gasteiger partial charge in [-0.2, -0.15) is 0 Å². The maximum absolute atomic E-state index is 12.2. The average molecular weight is 343 g/mol. The third-order valence-electron chi connectivity index (χ3n) is 3.39. The van der Waals surface area contributed by atoms with E-state index in [1.807, 2.05) is 25.1 Å². The molecule has 2 rings (SSSR count). The summed E-state index contributed by atoms with van der Waals surface area (Å²) in [6.07, 6.45) is 0.663. The Hall–Kier alpha value is -3.02. The summed E-state index contributed by atoms with van der Waals surface area (Å²) in [5.41, 5.74) is 1.58. The fraction of sp³-hybridized carbons (Fsp3) is 0.263. The summed E-state index contributed by atoms with van der Waals surface area (Å²) in [5.74, 6) is 0.0122.